The molecule has 1 aromatic carbocycles. The molecule has 0 atom stereocenters. The van der Waals surface area contributed by atoms with Crippen LogP contribution in [0.15, 0.2) is 47.2 Å². The monoisotopic (exact) mass is 356 g/mol. The molecule has 3 rings (SSSR count). The number of anilines is 1. The Bertz CT molecular complexity index is 883. The van der Waals surface area contributed by atoms with Gasteiger partial charge in [-0.2, -0.15) is 4.98 Å². The molecule has 0 unspecified atom stereocenters. The number of nitrogens with one attached hydrogen (secondary N) is 1. The highest BCUT2D eigenvalue weighted by Crippen LogP contribution is 2.25. The number of hydrogen-bond acceptors (Lipinski definition) is 6. The third-order valence-electron chi connectivity index (χ3n) is 3.47. The number of aryl methyl sites for hydroxylation is 1. The SMILES string of the molecule is CCOc1cc(F)ccc1NC(=O)CCc1nc(-c2cccnc2)no1. The van der Waals surface area contributed by atoms with Gasteiger partial charge in [0, 0.05) is 36.9 Å². The van der Waals surface area contributed by atoms with Gasteiger partial charge in [-0.05, 0) is 31.2 Å². The number of ether oxygens (including phenoxy) is 1. The molecule has 3 aromatic rings. The summed E-state index contributed by atoms with van der Waals surface area (Å²) in [5, 5.41) is 6.58. The third-order valence-corrected chi connectivity index (χ3v) is 3.47. The average molecular weight is 356 g/mol. The van der Waals surface area contributed by atoms with Crippen LogP contribution in [0.4, 0.5) is 10.1 Å². The number of carbonyl (C=O) groups excluding carboxylic acids is 1. The first-order valence-corrected chi connectivity index (χ1v) is 8.11. The van der Waals surface area contributed by atoms with E-state index in [1.165, 1.54) is 18.2 Å². The molecule has 0 spiro atoms. The van der Waals surface area contributed by atoms with E-state index in [0.717, 1.165) is 5.56 Å². The maximum absolute atomic E-state index is 13.3. The number of hydrogen-bond donors (Lipinski definition) is 1. The molecule has 2 heterocycles. The van der Waals surface area contributed by atoms with Gasteiger partial charge < -0.3 is 14.6 Å². The fourth-order valence-electron chi connectivity index (χ4n) is 2.28. The number of amides is 1. The molecule has 0 bridgehead atoms. The van der Waals surface area contributed by atoms with Gasteiger partial charge in [0.05, 0.1) is 12.3 Å². The standard InChI is InChI=1S/C18H17FN4O3/c1-2-25-15-10-13(19)5-6-14(15)21-16(24)7-8-17-22-18(23-26-17)12-4-3-9-20-11-12/h3-6,9-11H,2,7-8H2,1H3,(H,21,24). The van der Waals surface area contributed by atoms with Crippen molar-refractivity contribution in [3.05, 3.63) is 54.4 Å². The largest absolute Gasteiger partial charge is 0.492 e. The molecule has 2 aromatic heterocycles. The van der Waals surface area contributed by atoms with E-state index in [2.05, 4.69) is 20.4 Å². The summed E-state index contributed by atoms with van der Waals surface area (Å²) in [6.45, 7) is 2.15. The van der Waals surface area contributed by atoms with E-state index in [-0.39, 0.29) is 24.5 Å². The predicted octanol–water partition coefficient (Wildman–Crippen LogP) is 3.24. The molecule has 26 heavy (non-hydrogen) atoms. The zero-order chi connectivity index (χ0) is 18.4. The fraction of sp³-hybridized carbons (Fsp3) is 0.222. The van der Waals surface area contributed by atoms with Gasteiger partial charge in [0.25, 0.3) is 0 Å². The molecule has 134 valence electrons. The molecule has 0 saturated carbocycles. The van der Waals surface area contributed by atoms with Gasteiger partial charge in [-0.1, -0.05) is 5.16 Å². The topological polar surface area (TPSA) is 90.1 Å². The maximum atomic E-state index is 13.3. The average Bonchev–Trinajstić information content (AvgIpc) is 3.12. The van der Waals surface area contributed by atoms with Crippen LogP contribution in [0.1, 0.15) is 19.2 Å². The lowest BCUT2D eigenvalue weighted by Gasteiger charge is -2.11. The number of halogens is 1. The summed E-state index contributed by atoms with van der Waals surface area (Å²) in [7, 11) is 0. The first kappa shape index (κ1) is 17.5. The molecule has 0 aliphatic heterocycles. The lowest BCUT2D eigenvalue weighted by Crippen LogP contribution is -2.13. The van der Waals surface area contributed by atoms with Crippen LogP contribution in [0, 0.1) is 5.82 Å². The minimum Gasteiger partial charge on any atom is -0.492 e. The zero-order valence-electron chi connectivity index (χ0n) is 14.1. The number of nitrogens with zero attached hydrogens (tertiary/aromatic N) is 3. The van der Waals surface area contributed by atoms with Crippen molar-refractivity contribution in [2.45, 2.75) is 19.8 Å². The van der Waals surface area contributed by atoms with Crippen molar-refractivity contribution >= 4 is 11.6 Å². The normalized spacial score (nSPS) is 10.5. The van der Waals surface area contributed by atoms with Crippen LogP contribution in [0.2, 0.25) is 0 Å². The zero-order valence-corrected chi connectivity index (χ0v) is 14.1. The summed E-state index contributed by atoms with van der Waals surface area (Å²) in [5.74, 6) is 0.366. The van der Waals surface area contributed by atoms with E-state index < -0.39 is 5.82 Å². The fourth-order valence-corrected chi connectivity index (χ4v) is 2.28. The molecule has 1 amide bonds. The predicted molar refractivity (Wildman–Crippen MR) is 92.0 cm³/mol. The molecule has 0 radical (unpaired) electrons. The highest BCUT2D eigenvalue weighted by atomic mass is 19.1. The van der Waals surface area contributed by atoms with Gasteiger partial charge in [0.1, 0.15) is 11.6 Å². The Balaban J connectivity index is 1.59. The van der Waals surface area contributed by atoms with E-state index in [1.54, 1.807) is 25.4 Å². The molecular weight excluding hydrogens is 339 g/mol. The Kier molecular flexibility index (Phi) is 5.52. The lowest BCUT2D eigenvalue weighted by molar-refractivity contribution is -0.116. The summed E-state index contributed by atoms with van der Waals surface area (Å²) in [4.78, 5) is 20.4. The summed E-state index contributed by atoms with van der Waals surface area (Å²) in [6.07, 6.45) is 3.70. The van der Waals surface area contributed by atoms with Crippen LogP contribution in [-0.2, 0) is 11.2 Å². The molecule has 0 aliphatic carbocycles. The Morgan fingerprint density at radius 3 is 3.00 bits per heavy atom. The Labute approximate surface area is 149 Å². The number of carbonyl (C=O) groups is 1. The van der Waals surface area contributed by atoms with Crippen molar-refractivity contribution in [1.29, 1.82) is 0 Å². The van der Waals surface area contributed by atoms with Gasteiger partial charge in [0.2, 0.25) is 17.6 Å². The first-order chi connectivity index (χ1) is 12.7. The molecule has 7 nitrogen and oxygen atoms in total. The van der Waals surface area contributed by atoms with Crippen molar-refractivity contribution in [2.75, 3.05) is 11.9 Å². The van der Waals surface area contributed by atoms with E-state index in [1.807, 2.05) is 6.07 Å². The summed E-state index contributed by atoms with van der Waals surface area (Å²) in [6, 6.07) is 7.55. The van der Waals surface area contributed by atoms with Crippen LogP contribution in [0.5, 0.6) is 5.75 Å². The Hall–Kier alpha value is -3.29. The number of pyridine rings is 1. The van der Waals surface area contributed by atoms with Crippen LogP contribution in [-0.4, -0.2) is 27.6 Å². The van der Waals surface area contributed by atoms with E-state index >= 15 is 0 Å². The van der Waals surface area contributed by atoms with Gasteiger partial charge in [0.15, 0.2) is 0 Å². The van der Waals surface area contributed by atoms with Gasteiger partial charge >= 0.3 is 0 Å². The molecule has 0 fully saturated rings. The van der Waals surface area contributed by atoms with Crippen LogP contribution in [0.25, 0.3) is 11.4 Å². The molecule has 1 N–H and O–H groups in total. The van der Waals surface area contributed by atoms with E-state index in [9.17, 15) is 9.18 Å². The van der Waals surface area contributed by atoms with Crippen LogP contribution in [0.3, 0.4) is 0 Å². The van der Waals surface area contributed by atoms with Gasteiger partial charge in [-0.3, -0.25) is 9.78 Å². The summed E-state index contributed by atoms with van der Waals surface area (Å²) < 4.78 is 23.8. The molecule has 8 heteroatoms. The number of rotatable bonds is 7. The van der Waals surface area contributed by atoms with Crippen molar-refractivity contribution < 1.29 is 18.4 Å². The number of aromatic nitrogens is 3. The first-order valence-electron chi connectivity index (χ1n) is 8.11. The third kappa shape index (κ3) is 4.41. The lowest BCUT2D eigenvalue weighted by atomic mass is 10.2. The molecule has 0 aliphatic rings. The second-order valence-corrected chi connectivity index (χ2v) is 5.38. The second-order valence-electron chi connectivity index (χ2n) is 5.38. The van der Waals surface area contributed by atoms with Crippen LogP contribution < -0.4 is 10.1 Å². The minimum absolute atomic E-state index is 0.137. The van der Waals surface area contributed by atoms with Gasteiger partial charge in [-0.25, -0.2) is 4.39 Å². The maximum Gasteiger partial charge on any atom is 0.227 e. The van der Waals surface area contributed by atoms with E-state index in [4.69, 9.17) is 9.26 Å². The van der Waals surface area contributed by atoms with Crippen molar-refractivity contribution in [2.24, 2.45) is 0 Å². The second kappa shape index (κ2) is 8.19. The highest BCUT2D eigenvalue weighted by molar-refractivity contribution is 5.92. The molecule has 0 saturated heterocycles. The quantitative estimate of drug-likeness (QED) is 0.699. The van der Waals surface area contributed by atoms with Gasteiger partial charge in [-0.15, -0.1) is 0 Å². The van der Waals surface area contributed by atoms with Crippen molar-refractivity contribution in [3.8, 4) is 17.1 Å². The van der Waals surface area contributed by atoms with E-state index in [0.29, 0.717) is 24.0 Å². The highest BCUT2D eigenvalue weighted by Gasteiger charge is 2.13. The number of benzene rings is 1. The summed E-state index contributed by atoms with van der Waals surface area (Å²) in [5.41, 5.74) is 1.15. The molecular formula is C18H17FN4O3. The Morgan fingerprint density at radius 1 is 1.35 bits per heavy atom. The minimum atomic E-state index is -0.430. The summed E-state index contributed by atoms with van der Waals surface area (Å²) >= 11 is 0. The van der Waals surface area contributed by atoms with Crippen molar-refractivity contribution in [1.82, 2.24) is 15.1 Å². The van der Waals surface area contributed by atoms with Crippen molar-refractivity contribution in [3.63, 3.8) is 0 Å². The van der Waals surface area contributed by atoms with Crippen LogP contribution >= 0.6 is 0 Å². The smallest absolute Gasteiger partial charge is 0.227 e. The Morgan fingerprint density at radius 2 is 2.23 bits per heavy atom.